The van der Waals surface area contributed by atoms with Gasteiger partial charge in [0.1, 0.15) is 10.8 Å². The van der Waals surface area contributed by atoms with Gasteiger partial charge >= 0.3 is 6.18 Å². The van der Waals surface area contributed by atoms with Crippen LogP contribution in [0.15, 0.2) is 24.3 Å². The fraction of sp³-hybridized carbons (Fsp3) is 0.308. The number of anilines is 1. The SMILES string of the molecule is Cc1nn(C(C)c2cccc(C(F)(F)F)c2)c(N)c1Cl. The summed E-state index contributed by atoms with van der Waals surface area (Å²) >= 11 is 5.95. The molecule has 2 N–H and O–H groups in total. The standard InChI is InChI=1S/C13H13ClF3N3/c1-7-11(14)12(18)20(19-7)8(2)9-4-3-5-10(6-9)13(15,16)17/h3-6,8H,18H2,1-2H3. The fourth-order valence-corrected chi connectivity index (χ4v) is 2.08. The molecule has 108 valence electrons. The number of aryl methyl sites for hydroxylation is 1. The maximum Gasteiger partial charge on any atom is 0.416 e. The lowest BCUT2D eigenvalue weighted by Gasteiger charge is -2.16. The number of nitrogens with two attached hydrogens (primary N) is 1. The molecular weight excluding hydrogens is 291 g/mol. The monoisotopic (exact) mass is 303 g/mol. The Labute approximate surface area is 119 Å². The van der Waals surface area contributed by atoms with Gasteiger partial charge < -0.3 is 5.73 Å². The van der Waals surface area contributed by atoms with Crippen molar-refractivity contribution in [1.82, 2.24) is 9.78 Å². The summed E-state index contributed by atoms with van der Waals surface area (Å²) in [6, 6.07) is 4.65. The van der Waals surface area contributed by atoms with Gasteiger partial charge in [-0.3, -0.25) is 0 Å². The van der Waals surface area contributed by atoms with Crippen molar-refractivity contribution >= 4 is 17.4 Å². The van der Waals surface area contributed by atoms with E-state index in [1.807, 2.05) is 0 Å². The summed E-state index contributed by atoms with van der Waals surface area (Å²) in [7, 11) is 0. The number of hydrogen-bond acceptors (Lipinski definition) is 2. The predicted octanol–water partition coefficient (Wildman–Crippen LogP) is 4.06. The molecule has 3 nitrogen and oxygen atoms in total. The van der Waals surface area contributed by atoms with E-state index in [2.05, 4.69) is 5.10 Å². The Balaban J connectivity index is 2.43. The predicted molar refractivity (Wildman–Crippen MR) is 71.6 cm³/mol. The van der Waals surface area contributed by atoms with Crippen molar-refractivity contribution < 1.29 is 13.2 Å². The molecule has 0 aliphatic heterocycles. The van der Waals surface area contributed by atoms with Crippen molar-refractivity contribution in [2.45, 2.75) is 26.1 Å². The zero-order valence-corrected chi connectivity index (χ0v) is 11.6. The Morgan fingerprint density at radius 3 is 2.50 bits per heavy atom. The summed E-state index contributed by atoms with van der Waals surface area (Å²) in [5.41, 5.74) is 6.12. The largest absolute Gasteiger partial charge is 0.416 e. The zero-order valence-electron chi connectivity index (χ0n) is 10.9. The number of benzene rings is 1. The van der Waals surface area contributed by atoms with Gasteiger partial charge in [-0.1, -0.05) is 23.7 Å². The van der Waals surface area contributed by atoms with Gasteiger partial charge in [-0.15, -0.1) is 0 Å². The number of rotatable bonds is 2. The molecule has 0 aliphatic carbocycles. The lowest BCUT2D eigenvalue weighted by Crippen LogP contribution is -2.13. The van der Waals surface area contributed by atoms with E-state index in [0.29, 0.717) is 16.3 Å². The Morgan fingerprint density at radius 2 is 2.00 bits per heavy atom. The summed E-state index contributed by atoms with van der Waals surface area (Å²) in [6.07, 6.45) is -4.38. The van der Waals surface area contributed by atoms with E-state index in [1.54, 1.807) is 19.9 Å². The molecule has 0 amide bonds. The van der Waals surface area contributed by atoms with Crippen LogP contribution < -0.4 is 5.73 Å². The minimum atomic E-state index is -4.38. The van der Waals surface area contributed by atoms with Crippen molar-refractivity contribution in [3.05, 3.63) is 46.1 Å². The van der Waals surface area contributed by atoms with Gasteiger partial charge in [0.25, 0.3) is 0 Å². The van der Waals surface area contributed by atoms with Crippen LogP contribution in [0.3, 0.4) is 0 Å². The van der Waals surface area contributed by atoms with Crippen molar-refractivity contribution in [2.24, 2.45) is 0 Å². The molecular formula is C13H13ClF3N3. The van der Waals surface area contributed by atoms with Crippen LogP contribution in [-0.2, 0) is 6.18 Å². The number of alkyl halides is 3. The molecule has 0 bridgehead atoms. The molecule has 0 radical (unpaired) electrons. The van der Waals surface area contributed by atoms with E-state index >= 15 is 0 Å². The highest BCUT2D eigenvalue weighted by atomic mass is 35.5. The smallest absolute Gasteiger partial charge is 0.383 e. The van der Waals surface area contributed by atoms with Crippen LogP contribution in [0.25, 0.3) is 0 Å². The van der Waals surface area contributed by atoms with E-state index in [9.17, 15) is 13.2 Å². The molecule has 0 saturated carbocycles. The minimum absolute atomic E-state index is 0.245. The van der Waals surface area contributed by atoms with Gasteiger partial charge in [0.2, 0.25) is 0 Å². The number of halogens is 4. The van der Waals surface area contributed by atoms with Gasteiger partial charge in [0.15, 0.2) is 0 Å². The Morgan fingerprint density at radius 1 is 1.35 bits per heavy atom. The van der Waals surface area contributed by atoms with Gasteiger partial charge in [-0.05, 0) is 31.5 Å². The van der Waals surface area contributed by atoms with E-state index in [-0.39, 0.29) is 5.82 Å². The molecule has 1 heterocycles. The molecule has 7 heteroatoms. The number of hydrogen-bond donors (Lipinski definition) is 1. The molecule has 2 aromatic rings. The molecule has 20 heavy (non-hydrogen) atoms. The van der Waals surface area contributed by atoms with Crippen LogP contribution in [0.2, 0.25) is 5.02 Å². The molecule has 2 rings (SSSR count). The van der Waals surface area contributed by atoms with Gasteiger partial charge in [0.05, 0.1) is 17.3 Å². The molecule has 0 aliphatic rings. The Hall–Kier alpha value is -1.69. The van der Waals surface area contributed by atoms with Crippen LogP contribution in [0.1, 0.15) is 29.8 Å². The van der Waals surface area contributed by atoms with E-state index < -0.39 is 17.8 Å². The number of nitrogen functional groups attached to an aromatic ring is 1. The highest BCUT2D eigenvalue weighted by molar-refractivity contribution is 6.33. The topological polar surface area (TPSA) is 43.8 Å². The highest BCUT2D eigenvalue weighted by Crippen LogP contribution is 2.33. The molecule has 1 aromatic heterocycles. The van der Waals surface area contributed by atoms with Crippen LogP contribution in [0.5, 0.6) is 0 Å². The third-order valence-electron chi connectivity index (χ3n) is 3.11. The summed E-state index contributed by atoms with van der Waals surface area (Å²) < 4.78 is 39.6. The zero-order chi connectivity index (χ0) is 15.1. The van der Waals surface area contributed by atoms with Crippen LogP contribution >= 0.6 is 11.6 Å². The molecule has 1 unspecified atom stereocenters. The maximum absolute atomic E-state index is 12.7. The van der Waals surface area contributed by atoms with Gasteiger partial charge in [-0.2, -0.15) is 18.3 Å². The Bertz CT molecular complexity index is 634. The summed E-state index contributed by atoms with van der Waals surface area (Å²) in [6.45, 7) is 3.41. The summed E-state index contributed by atoms with van der Waals surface area (Å²) in [4.78, 5) is 0. The van der Waals surface area contributed by atoms with Crippen molar-refractivity contribution in [2.75, 3.05) is 5.73 Å². The first kappa shape index (κ1) is 14.7. The molecule has 0 spiro atoms. The summed E-state index contributed by atoms with van der Waals surface area (Å²) in [5.74, 6) is 0.245. The normalized spacial score (nSPS) is 13.5. The molecule has 0 fully saturated rings. The van der Waals surface area contributed by atoms with Crippen LogP contribution in [-0.4, -0.2) is 9.78 Å². The van der Waals surface area contributed by atoms with Crippen molar-refractivity contribution in [3.8, 4) is 0 Å². The van der Waals surface area contributed by atoms with E-state index in [0.717, 1.165) is 12.1 Å². The quantitative estimate of drug-likeness (QED) is 0.909. The Kier molecular flexibility index (Phi) is 3.69. The van der Waals surface area contributed by atoms with Crippen LogP contribution in [0.4, 0.5) is 19.0 Å². The number of nitrogens with zero attached hydrogens (tertiary/aromatic N) is 2. The van der Waals surface area contributed by atoms with Crippen LogP contribution in [0, 0.1) is 6.92 Å². The van der Waals surface area contributed by atoms with Gasteiger partial charge in [-0.25, -0.2) is 4.68 Å². The minimum Gasteiger partial charge on any atom is -0.383 e. The second kappa shape index (κ2) is 5.01. The second-order valence-corrected chi connectivity index (χ2v) is 4.91. The highest BCUT2D eigenvalue weighted by Gasteiger charge is 2.31. The first-order valence-electron chi connectivity index (χ1n) is 5.89. The fourth-order valence-electron chi connectivity index (χ4n) is 1.96. The molecule has 1 aromatic carbocycles. The van der Waals surface area contributed by atoms with E-state index in [4.69, 9.17) is 17.3 Å². The first-order valence-corrected chi connectivity index (χ1v) is 6.27. The average molecular weight is 304 g/mol. The molecule has 0 saturated heterocycles. The van der Waals surface area contributed by atoms with Crippen molar-refractivity contribution in [3.63, 3.8) is 0 Å². The van der Waals surface area contributed by atoms with Crippen molar-refractivity contribution in [1.29, 1.82) is 0 Å². The lowest BCUT2D eigenvalue weighted by atomic mass is 10.1. The average Bonchev–Trinajstić information content (AvgIpc) is 2.65. The van der Waals surface area contributed by atoms with E-state index in [1.165, 1.54) is 10.7 Å². The molecule has 1 atom stereocenters. The number of aromatic nitrogens is 2. The maximum atomic E-state index is 12.7. The van der Waals surface area contributed by atoms with Gasteiger partial charge in [0, 0.05) is 0 Å². The third-order valence-corrected chi connectivity index (χ3v) is 3.58. The second-order valence-electron chi connectivity index (χ2n) is 4.53. The third kappa shape index (κ3) is 2.60. The lowest BCUT2D eigenvalue weighted by molar-refractivity contribution is -0.137. The first-order chi connectivity index (χ1) is 9.21. The summed E-state index contributed by atoms with van der Waals surface area (Å²) in [5, 5.41) is 4.48.